The van der Waals surface area contributed by atoms with Crippen LogP contribution in [-0.2, 0) is 21.4 Å². The number of carbonyl (C=O) groups excluding carboxylic acids is 1. The first-order valence-electron chi connectivity index (χ1n) is 11.1. The number of benzene rings is 4. The number of amides is 1. The molecule has 0 atom stereocenters. The summed E-state index contributed by atoms with van der Waals surface area (Å²) in [5, 5.41) is 14.7. The van der Waals surface area contributed by atoms with Crippen molar-refractivity contribution in [3.63, 3.8) is 0 Å². The highest BCUT2D eigenvalue weighted by Crippen LogP contribution is 2.33. The molecule has 0 saturated heterocycles. The van der Waals surface area contributed by atoms with Gasteiger partial charge in [0.05, 0.1) is 17.1 Å². The van der Waals surface area contributed by atoms with Crippen molar-refractivity contribution >= 4 is 77.0 Å². The zero-order valence-electron chi connectivity index (χ0n) is 19.2. The average Bonchev–Trinajstić information content (AvgIpc) is 3.12. The summed E-state index contributed by atoms with van der Waals surface area (Å²) in [6, 6.07) is 25.6. The molecule has 186 valence electrons. The first-order valence-corrected chi connectivity index (χ1v) is 13.8. The van der Waals surface area contributed by atoms with Gasteiger partial charge in [-0.05, 0) is 77.1 Å². The largest absolute Gasteiger partial charge is 0.331 e. The lowest BCUT2D eigenvalue weighted by molar-refractivity contribution is -0.112. The van der Waals surface area contributed by atoms with E-state index in [9.17, 15) is 13.2 Å². The summed E-state index contributed by atoms with van der Waals surface area (Å²) in [6.45, 7) is 0.385. The Morgan fingerprint density at radius 1 is 0.973 bits per heavy atom. The lowest BCUT2D eigenvalue weighted by Gasteiger charge is -2.17. The minimum absolute atomic E-state index is 0.0117. The molecule has 4 aromatic carbocycles. The van der Waals surface area contributed by atoms with Crippen LogP contribution in [0.1, 0.15) is 11.1 Å². The van der Waals surface area contributed by atoms with E-state index in [1.165, 1.54) is 24.3 Å². The number of hydrazone groups is 1. The number of nitrogens with one attached hydrogen (secondary N) is 2. The van der Waals surface area contributed by atoms with Crippen molar-refractivity contribution in [3.05, 3.63) is 101 Å². The first-order chi connectivity index (χ1) is 17.7. The van der Waals surface area contributed by atoms with Crippen LogP contribution in [0.5, 0.6) is 0 Å². The van der Waals surface area contributed by atoms with Crippen molar-refractivity contribution in [1.29, 1.82) is 0 Å². The van der Waals surface area contributed by atoms with Gasteiger partial charge in [-0.1, -0.05) is 52.3 Å². The number of carbonyl (C=O) groups is 1. The Bertz CT molecular complexity index is 1690. The summed E-state index contributed by atoms with van der Waals surface area (Å²) in [5.74, 6) is -0.255. The maximum absolute atomic E-state index is 13.5. The summed E-state index contributed by atoms with van der Waals surface area (Å²) >= 11 is 8.79. The van der Waals surface area contributed by atoms with Gasteiger partial charge >= 0.3 is 0 Å². The van der Waals surface area contributed by atoms with Crippen molar-refractivity contribution in [2.45, 2.75) is 11.4 Å². The van der Waals surface area contributed by atoms with E-state index in [0.717, 1.165) is 26.5 Å². The number of sulfonamides is 1. The van der Waals surface area contributed by atoms with E-state index in [0.29, 0.717) is 17.8 Å². The molecule has 1 aliphatic rings. The van der Waals surface area contributed by atoms with Crippen LogP contribution >= 0.6 is 28.1 Å². The fraction of sp³-hybridized carbons (Fsp3) is 0.0385. The highest BCUT2D eigenvalue weighted by molar-refractivity contribution is 9.10. The number of nitrogens with two attached hydrogens (primary N) is 1. The van der Waals surface area contributed by atoms with E-state index >= 15 is 0 Å². The van der Waals surface area contributed by atoms with Gasteiger partial charge in [0.25, 0.3) is 5.91 Å². The number of hydrogen-bond donors (Lipinski definition) is 3. The maximum Gasteiger partial charge on any atom is 0.279 e. The Morgan fingerprint density at radius 2 is 1.70 bits per heavy atom. The number of thiocarbonyl (C=S) groups is 1. The molecule has 11 heteroatoms. The van der Waals surface area contributed by atoms with E-state index in [-0.39, 0.29) is 21.6 Å². The Balaban J connectivity index is 1.36. The molecule has 1 heterocycles. The fourth-order valence-electron chi connectivity index (χ4n) is 4.06. The van der Waals surface area contributed by atoms with E-state index in [1.54, 1.807) is 4.90 Å². The van der Waals surface area contributed by atoms with Crippen LogP contribution in [0.2, 0.25) is 0 Å². The van der Waals surface area contributed by atoms with Crippen molar-refractivity contribution in [2.75, 3.05) is 10.2 Å². The Hall–Kier alpha value is -3.64. The predicted molar refractivity (Wildman–Crippen MR) is 153 cm³/mol. The summed E-state index contributed by atoms with van der Waals surface area (Å²) in [7, 11) is -3.79. The molecule has 0 fully saturated rings. The number of nitrogens with zero attached hydrogens (tertiary/aromatic N) is 2. The number of primary sulfonamides is 1. The number of fused-ring (bicyclic) bond motifs is 2. The van der Waals surface area contributed by atoms with Crippen LogP contribution in [0, 0.1) is 0 Å². The number of halogens is 1. The molecule has 0 aromatic heterocycles. The molecular weight excluding hydrogens is 574 g/mol. The summed E-state index contributed by atoms with van der Waals surface area (Å²) in [5.41, 5.74) is 5.90. The zero-order chi connectivity index (χ0) is 26.2. The number of rotatable bonds is 5. The first kappa shape index (κ1) is 25.0. The summed E-state index contributed by atoms with van der Waals surface area (Å²) in [6.07, 6.45) is 0. The topological polar surface area (TPSA) is 117 Å². The molecule has 0 unspecified atom stereocenters. The monoisotopic (exact) mass is 593 g/mol. The molecule has 1 amide bonds. The van der Waals surface area contributed by atoms with Crippen LogP contribution in [0.15, 0.2) is 99.4 Å². The molecule has 0 saturated carbocycles. The van der Waals surface area contributed by atoms with Crippen LogP contribution in [0.3, 0.4) is 0 Å². The second-order valence-electron chi connectivity index (χ2n) is 8.33. The third kappa shape index (κ3) is 5.39. The summed E-state index contributed by atoms with van der Waals surface area (Å²) < 4.78 is 23.7. The highest BCUT2D eigenvalue weighted by Gasteiger charge is 2.34. The molecule has 0 bridgehead atoms. The van der Waals surface area contributed by atoms with Crippen molar-refractivity contribution in [3.8, 4) is 0 Å². The van der Waals surface area contributed by atoms with Crippen LogP contribution in [0.25, 0.3) is 10.8 Å². The molecule has 4 aromatic rings. The van der Waals surface area contributed by atoms with Gasteiger partial charge in [0, 0.05) is 15.7 Å². The Kier molecular flexibility index (Phi) is 6.78. The number of hydrogen-bond acceptors (Lipinski definition) is 5. The molecule has 0 spiro atoms. The van der Waals surface area contributed by atoms with Gasteiger partial charge in [-0.3, -0.25) is 10.2 Å². The molecule has 5 rings (SSSR count). The number of anilines is 2. The second kappa shape index (κ2) is 10.0. The van der Waals surface area contributed by atoms with Crippen LogP contribution in [-0.4, -0.2) is 25.1 Å². The van der Waals surface area contributed by atoms with E-state index in [4.69, 9.17) is 17.4 Å². The standard InChI is InChI=1S/C26H20BrN5O3S2/c27-19-7-12-23-22(14-19)24(30-31-26(36)29-20-8-10-21(11-9-20)37(28,34)35)25(33)32(23)15-16-5-6-17-3-1-2-4-18(17)13-16/h1-14H,15H2,(H2,28,34,35)(H2,29,31,36). The predicted octanol–water partition coefficient (Wildman–Crippen LogP) is 4.49. The minimum Gasteiger partial charge on any atom is -0.331 e. The maximum atomic E-state index is 13.5. The molecule has 0 radical (unpaired) electrons. The zero-order valence-corrected chi connectivity index (χ0v) is 22.4. The van der Waals surface area contributed by atoms with Gasteiger partial charge in [0.2, 0.25) is 10.0 Å². The van der Waals surface area contributed by atoms with Crippen molar-refractivity contribution in [1.82, 2.24) is 5.43 Å². The van der Waals surface area contributed by atoms with Crippen molar-refractivity contribution < 1.29 is 13.2 Å². The molecule has 1 aliphatic heterocycles. The van der Waals surface area contributed by atoms with E-state index < -0.39 is 10.0 Å². The fourth-order valence-corrected chi connectivity index (χ4v) is 5.10. The minimum atomic E-state index is -3.79. The molecule has 37 heavy (non-hydrogen) atoms. The van der Waals surface area contributed by atoms with Gasteiger partial charge in [-0.15, -0.1) is 0 Å². The quantitative estimate of drug-likeness (QED) is 0.232. The third-order valence-corrected chi connectivity index (χ3v) is 7.43. The van der Waals surface area contributed by atoms with Gasteiger partial charge in [0.15, 0.2) is 10.8 Å². The lowest BCUT2D eigenvalue weighted by Crippen LogP contribution is -2.32. The van der Waals surface area contributed by atoms with Crippen LogP contribution in [0.4, 0.5) is 11.4 Å². The van der Waals surface area contributed by atoms with Crippen molar-refractivity contribution in [2.24, 2.45) is 10.2 Å². The van der Waals surface area contributed by atoms with Gasteiger partial charge in [0.1, 0.15) is 0 Å². The molecule has 8 nitrogen and oxygen atoms in total. The second-order valence-corrected chi connectivity index (χ2v) is 11.2. The molecule has 0 aliphatic carbocycles. The smallest absolute Gasteiger partial charge is 0.279 e. The van der Waals surface area contributed by atoms with Gasteiger partial charge in [-0.2, -0.15) is 5.10 Å². The van der Waals surface area contributed by atoms with Gasteiger partial charge in [-0.25, -0.2) is 13.6 Å². The lowest BCUT2D eigenvalue weighted by atomic mass is 10.1. The SMILES string of the molecule is NS(=O)(=O)c1ccc(NC(=S)NN=C2C(=O)N(Cc3ccc4ccccc4c3)c3ccc(Br)cc32)cc1. The average molecular weight is 595 g/mol. The van der Waals surface area contributed by atoms with Gasteiger partial charge < -0.3 is 10.2 Å². The van der Waals surface area contributed by atoms with E-state index in [1.807, 2.05) is 48.5 Å². The summed E-state index contributed by atoms with van der Waals surface area (Å²) in [4.78, 5) is 15.1. The third-order valence-electron chi connectivity index (χ3n) is 5.82. The Labute approximate surface area is 227 Å². The highest BCUT2D eigenvalue weighted by atomic mass is 79.9. The Morgan fingerprint density at radius 3 is 2.43 bits per heavy atom. The molecule has 4 N–H and O–H groups in total. The normalized spacial score (nSPS) is 14.2. The van der Waals surface area contributed by atoms with E-state index in [2.05, 4.69) is 43.9 Å². The van der Waals surface area contributed by atoms with Crippen LogP contribution < -0.4 is 20.8 Å². The molecular formula is C26H20BrN5O3S2.